The molecule has 8 heteroatoms. The average molecular weight is 388 g/mol. The minimum absolute atomic E-state index is 0.195. The summed E-state index contributed by atoms with van der Waals surface area (Å²) in [7, 11) is -3.13. The molecule has 2 aromatic heterocycles. The first-order chi connectivity index (χ1) is 12.8. The number of hydrogen-bond acceptors (Lipinski definition) is 5. The summed E-state index contributed by atoms with van der Waals surface area (Å²) < 4.78 is 24.7. The van der Waals surface area contributed by atoms with Crippen LogP contribution in [0.1, 0.15) is 53.5 Å². The Balaban J connectivity index is 1.60. The van der Waals surface area contributed by atoms with Crippen molar-refractivity contribution in [2.45, 2.75) is 31.7 Å². The van der Waals surface area contributed by atoms with Crippen molar-refractivity contribution in [2.24, 2.45) is 0 Å². The lowest BCUT2D eigenvalue weighted by molar-refractivity contribution is 0.0938. The van der Waals surface area contributed by atoms with Gasteiger partial charge < -0.3 is 5.32 Å². The summed E-state index contributed by atoms with van der Waals surface area (Å²) in [6.07, 6.45) is 6.00. The molecule has 0 radical (unpaired) electrons. The highest BCUT2D eigenvalue weighted by atomic mass is 32.2. The van der Waals surface area contributed by atoms with Crippen molar-refractivity contribution in [3.63, 3.8) is 0 Å². The van der Waals surface area contributed by atoms with Gasteiger partial charge in [-0.25, -0.2) is 12.7 Å². The molecular weight excluding hydrogens is 364 g/mol. The van der Waals surface area contributed by atoms with E-state index in [0.29, 0.717) is 18.7 Å². The van der Waals surface area contributed by atoms with Crippen LogP contribution in [0.4, 0.5) is 0 Å². The maximum atomic E-state index is 12.4. The van der Waals surface area contributed by atoms with E-state index in [9.17, 15) is 13.2 Å². The van der Waals surface area contributed by atoms with Gasteiger partial charge in [-0.1, -0.05) is 6.07 Å². The summed E-state index contributed by atoms with van der Waals surface area (Å²) in [5.74, 6) is 0.0200. The number of sulfonamides is 1. The molecule has 3 rings (SSSR count). The van der Waals surface area contributed by atoms with Gasteiger partial charge in [-0.3, -0.25) is 14.8 Å². The van der Waals surface area contributed by atoms with Crippen molar-refractivity contribution < 1.29 is 13.2 Å². The first-order valence-electron chi connectivity index (χ1n) is 8.97. The molecule has 1 fully saturated rings. The van der Waals surface area contributed by atoms with Gasteiger partial charge in [-0.2, -0.15) is 0 Å². The highest BCUT2D eigenvalue weighted by Crippen LogP contribution is 2.27. The van der Waals surface area contributed by atoms with Crippen LogP contribution in [-0.4, -0.2) is 47.9 Å². The Labute approximate surface area is 159 Å². The molecule has 1 atom stereocenters. The zero-order valence-electron chi connectivity index (χ0n) is 15.5. The second-order valence-electron chi connectivity index (χ2n) is 6.86. The Bertz CT molecular complexity index is 877. The molecule has 7 nitrogen and oxygen atoms in total. The Morgan fingerprint density at radius 3 is 2.48 bits per heavy atom. The van der Waals surface area contributed by atoms with Crippen LogP contribution in [0.25, 0.3) is 0 Å². The van der Waals surface area contributed by atoms with Crippen LogP contribution < -0.4 is 5.32 Å². The predicted octanol–water partition coefficient (Wildman–Crippen LogP) is 2.11. The van der Waals surface area contributed by atoms with E-state index in [4.69, 9.17) is 0 Å². The second kappa shape index (κ2) is 8.14. The smallest absolute Gasteiger partial charge is 0.253 e. The fourth-order valence-corrected chi connectivity index (χ4v) is 4.12. The van der Waals surface area contributed by atoms with Gasteiger partial charge in [-0.05, 0) is 44.0 Å². The Hall–Kier alpha value is -2.32. The zero-order valence-corrected chi connectivity index (χ0v) is 16.3. The molecule has 1 N–H and O–H groups in total. The van der Waals surface area contributed by atoms with Gasteiger partial charge in [0.05, 0.1) is 23.6 Å². The van der Waals surface area contributed by atoms with E-state index in [-0.39, 0.29) is 17.9 Å². The maximum Gasteiger partial charge on any atom is 0.253 e. The fraction of sp³-hybridized carbons (Fsp3) is 0.421. The van der Waals surface area contributed by atoms with Crippen LogP contribution in [0.15, 0.2) is 42.7 Å². The number of piperidine rings is 1. The van der Waals surface area contributed by atoms with Crippen LogP contribution in [0.2, 0.25) is 0 Å². The van der Waals surface area contributed by atoms with Crippen LogP contribution >= 0.6 is 0 Å². The van der Waals surface area contributed by atoms with Crippen molar-refractivity contribution in [3.05, 3.63) is 59.7 Å². The quantitative estimate of drug-likeness (QED) is 0.847. The highest BCUT2D eigenvalue weighted by Gasteiger charge is 2.26. The van der Waals surface area contributed by atoms with E-state index in [2.05, 4.69) is 15.3 Å². The van der Waals surface area contributed by atoms with Crippen LogP contribution in [0.5, 0.6) is 0 Å². The Kier molecular flexibility index (Phi) is 5.86. The lowest BCUT2D eigenvalue weighted by atomic mass is 9.94. The third-order valence-corrected chi connectivity index (χ3v) is 6.17. The van der Waals surface area contributed by atoms with E-state index in [0.717, 1.165) is 24.2 Å². The second-order valence-corrected chi connectivity index (χ2v) is 8.84. The number of amides is 1. The number of rotatable bonds is 5. The summed E-state index contributed by atoms with van der Waals surface area (Å²) in [4.78, 5) is 21.1. The van der Waals surface area contributed by atoms with Gasteiger partial charge in [0.15, 0.2) is 0 Å². The molecule has 144 valence electrons. The first-order valence-corrected chi connectivity index (χ1v) is 10.8. The number of pyridine rings is 2. The molecule has 0 spiro atoms. The maximum absolute atomic E-state index is 12.4. The predicted molar refractivity (Wildman–Crippen MR) is 103 cm³/mol. The number of aromatic nitrogens is 2. The largest absolute Gasteiger partial charge is 0.344 e. The summed E-state index contributed by atoms with van der Waals surface area (Å²) in [5.41, 5.74) is 2.20. The average Bonchev–Trinajstić information content (AvgIpc) is 2.68. The van der Waals surface area contributed by atoms with Crippen molar-refractivity contribution >= 4 is 15.9 Å². The van der Waals surface area contributed by atoms with E-state index in [1.165, 1.54) is 10.6 Å². The lowest BCUT2D eigenvalue weighted by Crippen LogP contribution is -2.37. The van der Waals surface area contributed by atoms with Crippen LogP contribution in [0.3, 0.4) is 0 Å². The molecular formula is C19H24N4O3S. The molecule has 3 heterocycles. The normalized spacial score (nSPS) is 17.4. The molecule has 1 amide bonds. The monoisotopic (exact) mass is 388 g/mol. The molecule has 0 aromatic carbocycles. The van der Waals surface area contributed by atoms with Gasteiger partial charge in [0.2, 0.25) is 10.0 Å². The minimum Gasteiger partial charge on any atom is -0.344 e. The van der Waals surface area contributed by atoms with E-state index in [1.54, 1.807) is 18.5 Å². The summed E-state index contributed by atoms with van der Waals surface area (Å²) in [6, 6.07) is 9.03. The third-order valence-electron chi connectivity index (χ3n) is 4.87. The number of nitrogens with one attached hydrogen (secondary N) is 1. The number of carbonyl (C=O) groups excluding carboxylic acids is 1. The third kappa shape index (κ3) is 4.90. The summed E-state index contributed by atoms with van der Waals surface area (Å²) >= 11 is 0. The van der Waals surface area contributed by atoms with Gasteiger partial charge in [0.25, 0.3) is 5.91 Å². The first kappa shape index (κ1) is 19.4. The number of nitrogens with zero attached hydrogens (tertiary/aromatic N) is 3. The molecule has 1 aliphatic rings. The Morgan fingerprint density at radius 2 is 1.93 bits per heavy atom. The van der Waals surface area contributed by atoms with Crippen LogP contribution in [-0.2, 0) is 10.0 Å². The molecule has 1 saturated heterocycles. The molecule has 1 unspecified atom stereocenters. The molecule has 0 saturated carbocycles. The number of carbonyl (C=O) groups is 1. The highest BCUT2D eigenvalue weighted by molar-refractivity contribution is 7.88. The Morgan fingerprint density at radius 1 is 1.19 bits per heavy atom. The van der Waals surface area contributed by atoms with E-state index in [1.807, 2.05) is 31.2 Å². The van der Waals surface area contributed by atoms with Gasteiger partial charge >= 0.3 is 0 Å². The van der Waals surface area contributed by atoms with Crippen molar-refractivity contribution in [1.82, 2.24) is 19.6 Å². The van der Waals surface area contributed by atoms with Crippen molar-refractivity contribution in [1.29, 1.82) is 0 Å². The molecule has 0 bridgehead atoms. The van der Waals surface area contributed by atoms with Gasteiger partial charge in [-0.15, -0.1) is 0 Å². The van der Waals surface area contributed by atoms with E-state index >= 15 is 0 Å². The topological polar surface area (TPSA) is 92.3 Å². The summed E-state index contributed by atoms with van der Waals surface area (Å²) in [5, 5.41) is 2.92. The fourth-order valence-electron chi connectivity index (χ4n) is 3.25. The summed E-state index contributed by atoms with van der Waals surface area (Å²) in [6.45, 7) is 2.90. The molecule has 27 heavy (non-hydrogen) atoms. The molecule has 2 aromatic rings. The van der Waals surface area contributed by atoms with E-state index < -0.39 is 10.0 Å². The van der Waals surface area contributed by atoms with Crippen molar-refractivity contribution in [2.75, 3.05) is 19.3 Å². The minimum atomic E-state index is -3.13. The van der Waals surface area contributed by atoms with Gasteiger partial charge in [0, 0.05) is 37.1 Å². The van der Waals surface area contributed by atoms with Gasteiger partial charge in [0.1, 0.15) is 0 Å². The molecule has 0 aliphatic carbocycles. The lowest BCUT2D eigenvalue weighted by Gasteiger charge is -2.29. The molecule has 1 aliphatic heterocycles. The number of hydrogen-bond donors (Lipinski definition) is 1. The SMILES string of the molecule is CC(NC(=O)c1ccc(C2CCN(S(C)(=O)=O)CC2)nc1)c1ccccn1. The standard InChI is InChI=1S/C19H24N4O3S/c1-14(17-5-3-4-10-20-17)22-19(24)16-6-7-18(21-13-16)15-8-11-23(12-9-15)27(2,25)26/h3-7,10,13-15H,8-9,11-12H2,1-2H3,(H,22,24). The zero-order chi connectivity index (χ0) is 19.4. The van der Waals surface area contributed by atoms with Crippen LogP contribution in [0, 0.1) is 0 Å². The van der Waals surface area contributed by atoms with Crippen molar-refractivity contribution in [3.8, 4) is 0 Å².